The molecule has 0 unspecified atom stereocenters. The highest BCUT2D eigenvalue weighted by atomic mass is 31.2. The van der Waals surface area contributed by atoms with Crippen LogP contribution in [0.4, 0.5) is 0 Å². The fourth-order valence-electron chi connectivity index (χ4n) is 9.77. The van der Waals surface area contributed by atoms with Gasteiger partial charge in [-0.25, -0.2) is 4.57 Å². The number of benzene rings is 4. The standard InChI is InChI=1S/C50H65O4P/c1-27(2)33-21-39(29(5)6)47(40(22-33)30(7)8)43-25-45-49(37-19-15-13-17-35(37)43)50-38-20-16-14-18-36(38)44(26-46(50)54-55(51,52)53-45)48-41(31(9)10)23-34(28(3)4)24-42(48)32(11)12/h21-32H,13-20H2,1-12H3,(H,51,52). The Hall–Kier alpha value is -3.33. The van der Waals surface area contributed by atoms with Crippen LogP contribution in [0, 0.1) is 0 Å². The Balaban J connectivity index is 1.58. The van der Waals surface area contributed by atoms with E-state index < -0.39 is 7.82 Å². The van der Waals surface area contributed by atoms with E-state index in [0.717, 1.165) is 62.5 Å². The zero-order valence-corrected chi connectivity index (χ0v) is 36.6. The molecule has 0 aromatic heterocycles. The molecule has 2 aliphatic carbocycles. The van der Waals surface area contributed by atoms with E-state index in [2.05, 4.69) is 119 Å². The molecule has 4 aromatic carbocycles. The summed E-state index contributed by atoms with van der Waals surface area (Å²) in [7, 11) is -4.55. The van der Waals surface area contributed by atoms with E-state index in [4.69, 9.17) is 9.05 Å². The summed E-state index contributed by atoms with van der Waals surface area (Å²) in [6, 6.07) is 13.9. The molecule has 0 bridgehead atoms. The summed E-state index contributed by atoms with van der Waals surface area (Å²) >= 11 is 0. The second kappa shape index (κ2) is 15.2. The van der Waals surface area contributed by atoms with Crippen LogP contribution in [0.1, 0.15) is 200 Å². The minimum atomic E-state index is -4.55. The maximum Gasteiger partial charge on any atom is 0.584 e. The quantitative estimate of drug-likeness (QED) is 0.182. The summed E-state index contributed by atoms with van der Waals surface area (Å²) in [5, 5.41) is 0. The Morgan fingerprint density at radius 1 is 0.436 bits per heavy atom. The van der Waals surface area contributed by atoms with Gasteiger partial charge >= 0.3 is 7.82 Å². The van der Waals surface area contributed by atoms with Gasteiger partial charge in [-0.15, -0.1) is 0 Å². The van der Waals surface area contributed by atoms with E-state index in [1.807, 2.05) is 0 Å². The Labute approximate surface area is 332 Å². The summed E-state index contributed by atoms with van der Waals surface area (Å²) in [5.41, 5.74) is 20.2. The first-order valence-corrected chi connectivity index (χ1v) is 22.9. The van der Waals surface area contributed by atoms with Crippen molar-refractivity contribution >= 4 is 7.82 Å². The van der Waals surface area contributed by atoms with Crippen LogP contribution in [-0.4, -0.2) is 4.89 Å². The monoisotopic (exact) mass is 760 g/mol. The van der Waals surface area contributed by atoms with Gasteiger partial charge in [0.1, 0.15) is 11.5 Å². The summed E-state index contributed by atoms with van der Waals surface area (Å²) in [6.07, 6.45) is 8.17. The molecule has 55 heavy (non-hydrogen) atoms. The second-order valence-electron chi connectivity index (χ2n) is 18.7. The Morgan fingerprint density at radius 3 is 1.00 bits per heavy atom. The van der Waals surface area contributed by atoms with E-state index >= 15 is 0 Å². The highest BCUT2D eigenvalue weighted by Crippen LogP contribution is 2.60. The first-order chi connectivity index (χ1) is 26.0. The van der Waals surface area contributed by atoms with Crippen LogP contribution in [-0.2, 0) is 30.2 Å². The second-order valence-corrected chi connectivity index (χ2v) is 20.0. The van der Waals surface area contributed by atoms with Gasteiger partial charge in [-0.05, 0) is 177 Å². The van der Waals surface area contributed by atoms with Crippen LogP contribution < -0.4 is 9.05 Å². The third-order valence-corrected chi connectivity index (χ3v) is 13.6. The molecule has 0 radical (unpaired) electrons. The molecule has 5 heteroatoms. The molecular formula is C50H65O4P. The third-order valence-electron chi connectivity index (χ3n) is 12.7. The number of rotatable bonds is 8. The van der Waals surface area contributed by atoms with Gasteiger partial charge < -0.3 is 9.05 Å². The van der Waals surface area contributed by atoms with E-state index in [9.17, 15) is 9.46 Å². The van der Waals surface area contributed by atoms with Crippen molar-refractivity contribution in [2.24, 2.45) is 0 Å². The fourth-order valence-corrected chi connectivity index (χ4v) is 10.6. The molecule has 4 aromatic rings. The topological polar surface area (TPSA) is 55.8 Å². The van der Waals surface area contributed by atoms with Gasteiger partial charge in [0.25, 0.3) is 0 Å². The first-order valence-electron chi connectivity index (χ1n) is 21.4. The summed E-state index contributed by atoms with van der Waals surface area (Å²) in [5.74, 6) is 3.05. The molecule has 0 saturated heterocycles. The van der Waals surface area contributed by atoms with Crippen molar-refractivity contribution in [1.29, 1.82) is 0 Å². The molecule has 0 saturated carbocycles. The maximum absolute atomic E-state index is 14.3. The zero-order valence-electron chi connectivity index (χ0n) is 35.7. The van der Waals surface area contributed by atoms with Gasteiger partial charge in [0, 0.05) is 11.1 Å². The van der Waals surface area contributed by atoms with E-state index in [1.165, 1.54) is 77.9 Å². The van der Waals surface area contributed by atoms with Gasteiger partial charge in [0.2, 0.25) is 0 Å². The lowest BCUT2D eigenvalue weighted by Gasteiger charge is -2.31. The van der Waals surface area contributed by atoms with Gasteiger partial charge in [-0.2, -0.15) is 0 Å². The van der Waals surface area contributed by atoms with Crippen molar-refractivity contribution < 1.29 is 18.5 Å². The van der Waals surface area contributed by atoms with Crippen LogP contribution in [0.25, 0.3) is 33.4 Å². The highest BCUT2D eigenvalue weighted by Gasteiger charge is 2.39. The van der Waals surface area contributed by atoms with E-state index in [-0.39, 0.29) is 0 Å². The molecule has 3 aliphatic rings. The molecule has 0 atom stereocenters. The van der Waals surface area contributed by atoms with Crippen LogP contribution in [0.5, 0.6) is 11.5 Å². The largest absolute Gasteiger partial charge is 0.584 e. The molecule has 4 nitrogen and oxygen atoms in total. The van der Waals surface area contributed by atoms with Crippen molar-refractivity contribution in [2.75, 3.05) is 0 Å². The SMILES string of the molecule is CC(C)c1cc(C(C)C)c(-c2cc3c(c4c2CCCC4)-c2c(cc(-c4c(C(C)C)cc(C(C)C)cc4C(C)C)c4c2CCCC4)OP(=O)(O)O3)c(C(C)C)c1. The third kappa shape index (κ3) is 7.25. The van der Waals surface area contributed by atoms with Crippen LogP contribution in [0.2, 0.25) is 0 Å². The summed E-state index contributed by atoms with van der Waals surface area (Å²) in [4.78, 5) is 11.7. The van der Waals surface area contributed by atoms with Gasteiger partial charge in [0.15, 0.2) is 0 Å². The van der Waals surface area contributed by atoms with E-state index in [1.54, 1.807) is 0 Å². The van der Waals surface area contributed by atoms with Gasteiger partial charge in [-0.1, -0.05) is 107 Å². The normalized spacial score (nSPS) is 16.3. The molecular weight excluding hydrogens is 696 g/mol. The smallest absolute Gasteiger partial charge is 0.394 e. The highest BCUT2D eigenvalue weighted by molar-refractivity contribution is 7.48. The molecule has 1 aliphatic heterocycles. The number of phosphoric ester groups is 1. The van der Waals surface area contributed by atoms with Gasteiger partial charge in [-0.3, -0.25) is 4.89 Å². The predicted octanol–water partition coefficient (Wildman–Crippen LogP) is 15.1. The summed E-state index contributed by atoms with van der Waals surface area (Å²) in [6.45, 7) is 27.4. The molecule has 7 rings (SSSR count). The summed E-state index contributed by atoms with van der Waals surface area (Å²) < 4.78 is 26.9. The van der Waals surface area contributed by atoms with Crippen molar-refractivity contribution in [3.8, 4) is 44.9 Å². The Morgan fingerprint density at radius 2 is 0.727 bits per heavy atom. The lowest BCUT2D eigenvalue weighted by atomic mass is 9.73. The average Bonchev–Trinajstić information content (AvgIpc) is 3.25. The minimum absolute atomic E-state index is 0.310. The van der Waals surface area contributed by atoms with Crippen molar-refractivity contribution in [3.05, 3.63) is 92.0 Å². The molecule has 1 N–H and O–H groups in total. The minimum Gasteiger partial charge on any atom is -0.394 e. The number of hydrogen-bond donors (Lipinski definition) is 1. The zero-order chi connectivity index (χ0) is 39.7. The van der Waals surface area contributed by atoms with Crippen molar-refractivity contribution in [2.45, 2.75) is 170 Å². The van der Waals surface area contributed by atoms with Crippen LogP contribution in [0.3, 0.4) is 0 Å². The molecule has 0 amide bonds. The molecule has 0 fully saturated rings. The van der Waals surface area contributed by atoms with Crippen LogP contribution in [0.15, 0.2) is 36.4 Å². The Bertz CT molecular complexity index is 1970. The van der Waals surface area contributed by atoms with Crippen molar-refractivity contribution in [3.63, 3.8) is 0 Å². The predicted molar refractivity (Wildman–Crippen MR) is 232 cm³/mol. The number of fused-ring (bicyclic) bond motifs is 7. The molecule has 1 heterocycles. The first kappa shape index (κ1) is 39.9. The number of phosphoric acid groups is 1. The van der Waals surface area contributed by atoms with Crippen molar-refractivity contribution in [1.82, 2.24) is 0 Å². The van der Waals surface area contributed by atoms with E-state index in [0.29, 0.717) is 47.0 Å². The average molecular weight is 761 g/mol. The molecule has 294 valence electrons. The fraction of sp³-hybridized carbons (Fsp3) is 0.520. The van der Waals surface area contributed by atoms with Crippen LogP contribution >= 0.6 is 7.82 Å². The number of hydrogen-bond acceptors (Lipinski definition) is 3. The Kier molecular flexibility index (Phi) is 11.0. The maximum atomic E-state index is 14.3. The lowest BCUT2D eigenvalue weighted by molar-refractivity contribution is 0.294. The molecule has 0 spiro atoms. The van der Waals surface area contributed by atoms with Gasteiger partial charge in [0.05, 0.1) is 0 Å². The lowest BCUT2D eigenvalue weighted by Crippen LogP contribution is -2.13.